The number of pyridine rings is 2. The zero-order valence-electron chi connectivity index (χ0n) is 11.2. The highest BCUT2D eigenvalue weighted by Crippen LogP contribution is 1.87. The summed E-state index contributed by atoms with van der Waals surface area (Å²) in [4.78, 5) is 0. The highest BCUT2D eigenvalue weighted by Gasteiger charge is 2.07. The quantitative estimate of drug-likeness (QED) is 0.300. The van der Waals surface area contributed by atoms with E-state index in [4.69, 9.17) is 20.8 Å². The summed E-state index contributed by atoms with van der Waals surface area (Å²) in [5, 5.41) is 21.3. The van der Waals surface area contributed by atoms with Gasteiger partial charge in [-0.25, -0.2) is 0 Å². The minimum Gasteiger partial charge on any atom is -0.495 e. The maximum Gasteiger partial charge on any atom is 0.339 e. The first kappa shape index (κ1) is 14.3. The van der Waals surface area contributed by atoms with Gasteiger partial charge in [0.05, 0.1) is 0 Å². The van der Waals surface area contributed by atoms with Gasteiger partial charge >= 0.3 is 6.40 Å². The lowest BCUT2D eigenvalue weighted by Gasteiger charge is -1.96. The van der Waals surface area contributed by atoms with Crippen molar-refractivity contribution in [1.29, 1.82) is 0 Å². The normalized spacial score (nSPS) is 10.5. The summed E-state index contributed by atoms with van der Waals surface area (Å²) >= 11 is 0. The van der Waals surface area contributed by atoms with E-state index in [0.717, 1.165) is 0 Å². The number of aromatic nitrogens is 2. The smallest absolute Gasteiger partial charge is 0.339 e. The lowest BCUT2D eigenvalue weighted by Crippen LogP contribution is -2.39. The topological polar surface area (TPSA) is 97.9 Å². The van der Waals surface area contributed by atoms with E-state index in [2.05, 4.69) is 5.16 Å². The molecule has 7 nitrogen and oxygen atoms in total. The Balaban J connectivity index is 2.10. The number of ether oxygens (including phenoxy) is 1. The number of aliphatic hydroxyl groups is 1. The molecule has 7 heteroatoms. The van der Waals surface area contributed by atoms with Gasteiger partial charge in [-0.15, -0.1) is 4.24 Å². The summed E-state index contributed by atoms with van der Waals surface area (Å²) in [6, 6.07) is 8.80. The molecule has 2 rings (SSSR count). The molecule has 21 heavy (non-hydrogen) atoms. The first-order valence-electron chi connectivity index (χ1n) is 6.14. The van der Waals surface area contributed by atoms with Gasteiger partial charge in [0.25, 0.3) is 6.73 Å². The van der Waals surface area contributed by atoms with E-state index in [1.54, 1.807) is 45.6 Å². The van der Waals surface area contributed by atoms with Crippen molar-refractivity contribution in [2.24, 2.45) is 10.9 Å². The molecule has 0 radical (unpaired) electrons. The summed E-state index contributed by atoms with van der Waals surface area (Å²) in [6.07, 6.45) is 8.04. The van der Waals surface area contributed by atoms with Crippen LogP contribution in [-0.2, 0) is 11.5 Å². The van der Waals surface area contributed by atoms with Gasteiger partial charge in [0.15, 0.2) is 24.5 Å². The monoisotopic (exact) mass is 288 g/mol. The Morgan fingerprint density at radius 2 is 2.00 bits per heavy atom. The number of rotatable bonds is 4. The summed E-state index contributed by atoms with van der Waals surface area (Å²) < 4.78 is 8.89. The number of aliphatic hydroxyl groups excluding tert-OH is 1. The van der Waals surface area contributed by atoms with Gasteiger partial charge in [0.1, 0.15) is 6.21 Å². The number of hydrogen-bond donors (Lipinski definition) is 3. The molecule has 4 N–H and O–H groups in total. The lowest BCUT2D eigenvalue weighted by molar-refractivity contribution is -0.736. The molecule has 2 aromatic rings. The van der Waals surface area contributed by atoms with Crippen LogP contribution < -0.4 is 19.8 Å². The average molecular weight is 288 g/mol. The summed E-state index contributed by atoms with van der Waals surface area (Å²) in [6.45, 7) is 0.255. The molecular formula is C14H16N4O3+2. The van der Waals surface area contributed by atoms with Crippen LogP contribution in [0.3, 0.4) is 0 Å². The van der Waals surface area contributed by atoms with Crippen LogP contribution in [0.1, 0.15) is 5.69 Å². The molecule has 0 spiro atoms. The van der Waals surface area contributed by atoms with Crippen molar-refractivity contribution in [2.75, 3.05) is 0 Å². The van der Waals surface area contributed by atoms with Crippen LogP contribution in [0.5, 0.6) is 0 Å². The predicted octanol–water partition coefficient (Wildman–Crippen LogP) is -0.706. The van der Waals surface area contributed by atoms with Crippen LogP contribution in [0.15, 0.2) is 54.1 Å². The molecule has 0 aliphatic carbocycles. The molecule has 0 atom stereocenters. The Kier molecular flexibility index (Phi) is 4.70. The van der Waals surface area contributed by atoms with Gasteiger partial charge in [0, 0.05) is 29.5 Å². The van der Waals surface area contributed by atoms with Gasteiger partial charge in [-0.05, 0) is 6.07 Å². The summed E-state index contributed by atoms with van der Waals surface area (Å²) in [7, 11) is 0. The van der Waals surface area contributed by atoms with E-state index in [1.165, 1.54) is 12.6 Å². The van der Waals surface area contributed by atoms with Crippen molar-refractivity contribution in [1.82, 2.24) is 0 Å². The Bertz CT molecular complexity index is 732. The fourth-order valence-corrected chi connectivity index (χ4v) is 1.66. The Morgan fingerprint density at radius 3 is 2.67 bits per heavy atom. The van der Waals surface area contributed by atoms with Crippen molar-refractivity contribution in [2.45, 2.75) is 6.73 Å². The van der Waals surface area contributed by atoms with E-state index < -0.39 is 0 Å². The second-order valence-electron chi connectivity index (χ2n) is 4.16. The molecule has 0 aliphatic heterocycles. The summed E-state index contributed by atoms with van der Waals surface area (Å²) in [5.74, 6) is -0.226. The highest BCUT2D eigenvalue weighted by atomic mass is 16.5. The summed E-state index contributed by atoms with van der Waals surface area (Å²) in [5.41, 5.74) is 5.98. The van der Waals surface area contributed by atoms with Crippen molar-refractivity contribution < 1.29 is 23.9 Å². The Hall–Kier alpha value is -3.09. The van der Waals surface area contributed by atoms with Crippen LogP contribution in [-0.4, -0.2) is 16.5 Å². The molecule has 2 aromatic heterocycles. The molecule has 108 valence electrons. The molecular weight excluding hydrogens is 272 g/mol. The van der Waals surface area contributed by atoms with Crippen LogP contribution in [0.2, 0.25) is 0 Å². The predicted molar refractivity (Wildman–Crippen MR) is 73.3 cm³/mol. The fourth-order valence-electron chi connectivity index (χ4n) is 1.66. The first-order valence-corrected chi connectivity index (χ1v) is 6.14. The van der Waals surface area contributed by atoms with Crippen molar-refractivity contribution >= 4 is 12.1 Å². The van der Waals surface area contributed by atoms with Gasteiger partial charge in [0.2, 0.25) is 5.69 Å². The standard InChI is InChI=1S/C14H14N4O3/c15-14(19)12-4-7-17(8-5-12)10-21-11-18-6-2-1-3-13(18)9-16-20/h1-10H,11,15H2/p+2. The van der Waals surface area contributed by atoms with Gasteiger partial charge in [-0.3, -0.25) is 0 Å². The third kappa shape index (κ3) is 3.93. The third-order valence-electron chi connectivity index (χ3n) is 2.72. The fraction of sp³-hybridized carbons (Fsp3) is 0.0714. The Labute approximate surface area is 120 Å². The lowest BCUT2D eigenvalue weighted by atomic mass is 10.3. The molecule has 0 fully saturated rings. The molecule has 0 saturated heterocycles. The van der Waals surface area contributed by atoms with Gasteiger partial charge in [-0.1, -0.05) is 5.16 Å². The van der Waals surface area contributed by atoms with Gasteiger partial charge in [-0.2, -0.15) is 4.57 Å². The maximum atomic E-state index is 9.13. The molecule has 0 bridgehead atoms. The highest BCUT2D eigenvalue weighted by molar-refractivity contribution is 5.74. The second-order valence-corrected chi connectivity index (χ2v) is 4.16. The Morgan fingerprint density at radius 1 is 1.24 bits per heavy atom. The van der Waals surface area contributed by atoms with Crippen LogP contribution in [0, 0.1) is 6.40 Å². The van der Waals surface area contributed by atoms with E-state index >= 15 is 0 Å². The number of nitrogens with zero attached hydrogens (tertiary/aromatic N) is 3. The van der Waals surface area contributed by atoms with Crippen LogP contribution in [0.4, 0.5) is 0 Å². The molecule has 0 saturated carbocycles. The molecule has 0 unspecified atom stereocenters. The van der Waals surface area contributed by atoms with E-state index in [9.17, 15) is 0 Å². The molecule has 0 aliphatic rings. The SMILES string of the molecule is NC(O)=c1cc[n+](=COC[n+]2ccccc2/C=N/O)cc1. The number of oxime groups is 1. The molecule has 0 amide bonds. The van der Waals surface area contributed by atoms with E-state index in [0.29, 0.717) is 10.9 Å². The zero-order valence-corrected chi connectivity index (χ0v) is 11.2. The van der Waals surface area contributed by atoms with Crippen molar-refractivity contribution in [3.05, 3.63) is 66.2 Å². The van der Waals surface area contributed by atoms with Crippen LogP contribution in [0.25, 0.3) is 5.88 Å². The molecule has 0 aromatic carbocycles. The largest absolute Gasteiger partial charge is 0.495 e. The second kappa shape index (κ2) is 6.90. The van der Waals surface area contributed by atoms with Crippen LogP contribution >= 0.6 is 0 Å². The first-order chi connectivity index (χ1) is 10.2. The minimum atomic E-state index is -0.226. The number of nitrogens with two attached hydrogens (primary N) is 1. The van der Waals surface area contributed by atoms with E-state index in [1.807, 2.05) is 12.1 Å². The van der Waals surface area contributed by atoms with Crippen molar-refractivity contribution in [3.8, 4) is 0 Å². The average Bonchev–Trinajstić information content (AvgIpc) is 2.50. The van der Waals surface area contributed by atoms with Crippen molar-refractivity contribution in [3.63, 3.8) is 0 Å². The number of hydrogen-bond acceptors (Lipinski definition) is 5. The maximum absolute atomic E-state index is 9.13. The zero-order chi connectivity index (χ0) is 15.1. The van der Waals surface area contributed by atoms with Gasteiger partial charge < -0.3 is 20.8 Å². The minimum absolute atomic E-state index is 0.226. The third-order valence-corrected chi connectivity index (χ3v) is 2.72. The molecule has 2 heterocycles. The van der Waals surface area contributed by atoms with E-state index in [-0.39, 0.29) is 12.6 Å².